The third kappa shape index (κ3) is 2.49. The first kappa shape index (κ1) is 16.0. The van der Waals surface area contributed by atoms with Crippen molar-refractivity contribution in [2.45, 2.75) is 0 Å². The van der Waals surface area contributed by atoms with E-state index in [0.29, 0.717) is 0 Å². The zero-order valence-corrected chi connectivity index (χ0v) is 15.7. The number of imidazole rings is 1. The first-order valence-corrected chi connectivity index (χ1v) is 9.42. The van der Waals surface area contributed by atoms with Gasteiger partial charge in [-0.25, -0.2) is 4.98 Å². The minimum Gasteiger partial charge on any atom is -0.497 e. The molecule has 134 valence electrons. The molecule has 3 heterocycles. The van der Waals surface area contributed by atoms with Crippen LogP contribution in [0.15, 0.2) is 60.2 Å². The fraction of sp³-hybridized carbons (Fsp3) is 0.0952. The molecule has 0 aliphatic carbocycles. The minimum absolute atomic E-state index is 0.773. The third-order valence-electron chi connectivity index (χ3n) is 4.76. The number of hydrogen-bond donors (Lipinski definition) is 1. The summed E-state index contributed by atoms with van der Waals surface area (Å²) in [6, 6.07) is 14.1. The molecule has 5 rings (SSSR count). The van der Waals surface area contributed by atoms with Crippen LogP contribution in [0.5, 0.6) is 11.5 Å². The summed E-state index contributed by atoms with van der Waals surface area (Å²) < 4.78 is 13.0. The summed E-state index contributed by atoms with van der Waals surface area (Å²) in [5.74, 6) is 1.55. The van der Waals surface area contributed by atoms with E-state index in [-0.39, 0.29) is 0 Å². The second-order valence-corrected chi connectivity index (χ2v) is 7.05. The van der Waals surface area contributed by atoms with Crippen LogP contribution in [0.3, 0.4) is 0 Å². The largest absolute Gasteiger partial charge is 0.497 e. The average molecular weight is 375 g/mol. The van der Waals surface area contributed by atoms with Gasteiger partial charge < -0.3 is 14.5 Å². The number of nitrogens with one attached hydrogen (secondary N) is 1. The van der Waals surface area contributed by atoms with Crippen molar-refractivity contribution < 1.29 is 9.47 Å². The number of hydrogen-bond acceptors (Lipinski definition) is 4. The lowest BCUT2D eigenvalue weighted by molar-refractivity contribution is 0.404. The van der Waals surface area contributed by atoms with Crippen molar-refractivity contribution in [2.24, 2.45) is 0 Å². The van der Waals surface area contributed by atoms with Crippen LogP contribution in [0, 0.1) is 0 Å². The predicted octanol–water partition coefficient (Wildman–Crippen LogP) is 5.23. The Hall–Kier alpha value is -3.25. The maximum atomic E-state index is 5.53. The SMILES string of the molecule is COc1ccc(OC)c(-c2cn3c(-c4c[nH]c5ccccc45)csc3n2)c1. The summed E-state index contributed by atoms with van der Waals surface area (Å²) in [4.78, 5) is 9.10. The minimum atomic E-state index is 0.773. The Balaban J connectivity index is 1.69. The summed E-state index contributed by atoms with van der Waals surface area (Å²) >= 11 is 1.63. The van der Waals surface area contributed by atoms with Crippen molar-refractivity contribution in [3.63, 3.8) is 0 Å². The molecule has 0 amide bonds. The normalized spacial score (nSPS) is 11.3. The molecule has 5 aromatic rings. The number of nitrogens with zero attached hydrogens (tertiary/aromatic N) is 2. The monoisotopic (exact) mass is 375 g/mol. The molecule has 0 fully saturated rings. The maximum absolute atomic E-state index is 5.53. The Morgan fingerprint density at radius 2 is 1.93 bits per heavy atom. The Bertz CT molecular complexity index is 1270. The number of rotatable bonds is 4. The highest BCUT2D eigenvalue weighted by molar-refractivity contribution is 7.15. The average Bonchev–Trinajstić information content (AvgIpc) is 3.41. The molecule has 0 unspecified atom stereocenters. The van der Waals surface area contributed by atoms with Crippen molar-refractivity contribution in [1.29, 1.82) is 0 Å². The Kier molecular flexibility index (Phi) is 3.65. The number of methoxy groups -OCH3 is 2. The van der Waals surface area contributed by atoms with Gasteiger partial charge in [-0.3, -0.25) is 4.40 Å². The number of aromatic amines is 1. The van der Waals surface area contributed by atoms with E-state index in [1.807, 2.05) is 24.3 Å². The number of ether oxygens (including phenoxy) is 2. The zero-order valence-electron chi connectivity index (χ0n) is 14.9. The summed E-state index contributed by atoms with van der Waals surface area (Å²) in [7, 11) is 3.33. The van der Waals surface area contributed by atoms with Gasteiger partial charge in [-0.05, 0) is 24.3 Å². The predicted molar refractivity (Wildman–Crippen MR) is 109 cm³/mol. The van der Waals surface area contributed by atoms with Gasteiger partial charge in [-0.1, -0.05) is 18.2 Å². The van der Waals surface area contributed by atoms with E-state index in [2.05, 4.69) is 45.4 Å². The summed E-state index contributed by atoms with van der Waals surface area (Å²) in [5, 5.41) is 3.34. The molecule has 1 N–H and O–H groups in total. The lowest BCUT2D eigenvalue weighted by Crippen LogP contribution is -1.90. The molecule has 0 radical (unpaired) electrons. The number of benzene rings is 2. The van der Waals surface area contributed by atoms with Gasteiger partial charge in [-0.2, -0.15) is 0 Å². The van der Waals surface area contributed by atoms with Crippen molar-refractivity contribution in [1.82, 2.24) is 14.4 Å². The number of thiazole rings is 1. The van der Waals surface area contributed by atoms with Gasteiger partial charge in [0, 0.05) is 39.8 Å². The maximum Gasteiger partial charge on any atom is 0.194 e. The molecule has 0 saturated heterocycles. The van der Waals surface area contributed by atoms with Crippen molar-refractivity contribution >= 4 is 27.2 Å². The van der Waals surface area contributed by atoms with E-state index in [9.17, 15) is 0 Å². The van der Waals surface area contributed by atoms with Gasteiger partial charge in [0.05, 0.1) is 25.6 Å². The third-order valence-corrected chi connectivity index (χ3v) is 5.60. The molecule has 27 heavy (non-hydrogen) atoms. The van der Waals surface area contributed by atoms with Crippen LogP contribution in [0.2, 0.25) is 0 Å². The van der Waals surface area contributed by atoms with E-state index in [1.54, 1.807) is 25.6 Å². The van der Waals surface area contributed by atoms with Crippen molar-refractivity contribution in [3.05, 3.63) is 60.2 Å². The topological polar surface area (TPSA) is 51.5 Å². The van der Waals surface area contributed by atoms with E-state index in [0.717, 1.165) is 38.9 Å². The lowest BCUT2D eigenvalue weighted by Gasteiger charge is -2.08. The molecule has 6 heteroatoms. The first-order valence-electron chi connectivity index (χ1n) is 8.54. The second kappa shape index (κ2) is 6.17. The van der Waals surface area contributed by atoms with Crippen LogP contribution in [0.4, 0.5) is 0 Å². The van der Waals surface area contributed by atoms with Crippen molar-refractivity contribution in [3.8, 4) is 34.0 Å². The highest BCUT2D eigenvalue weighted by atomic mass is 32.1. The Morgan fingerprint density at radius 1 is 1.04 bits per heavy atom. The van der Waals surface area contributed by atoms with Gasteiger partial charge >= 0.3 is 0 Å². The molecule has 0 aliphatic rings. The van der Waals surface area contributed by atoms with Gasteiger partial charge in [0.25, 0.3) is 0 Å². The Labute approximate surface area is 159 Å². The quantitative estimate of drug-likeness (QED) is 0.468. The molecule has 0 atom stereocenters. The Morgan fingerprint density at radius 3 is 2.78 bits per heavy atom. The summed E-state index contributed by atoms with van der Waals surface area (Å²) in [6.45, 7) is 0. The van der Waals surface area contributed by atoms with E-state index in [4.69, 9.17) is 14.5 Å². The van der Waals surface area contributed by atoms with Gasteiger partial charge in [-0.15, -0.1) is 11.3 Å². The summed E-state index contributed by atoms with van der Waals surface area (Å²) in [6.07, 6.45) is 4.11. The standard InChI is InChI=1S/C21H17N3O2S/c1-25-13-7-8-20(26-2)15(9-13)18-11-24-19(12-27-21(24)23-18)16-10-22-17-6-4-3-5-14(16)17/h3-12,22H,1-2H3. The molecular weight excluding hydrogens is 358 g/mol. The fourth-order valence-corrected chi connectivity index (χ4v) is 4.28. The number of aromatic nitrogens is 3. The fourth-order valence-electron chi connectivity index (χ4n) is 3.40. The van der Waals surface area contributed by atoms with E-state index < -0.39 is 0 Å². The van der Waals surface area contributed by atoms with E-state index >= 15 is 0 Å². The molecule has 2 aromatic carbocycles. The van der Waals surface area contributed by atoms with Crippen molar-refractivity contribution in [2.75, 3.05) is 14.2 Å². The van der Waals surface area contributed by atoms with Gasteiger partial charge in [0.2, 0.25) is 0 Å². The van der Waals surface area contributed by atoms with Crippen LogP contribution < -0.4 is 9.47 Å². The molecule has 0 spiro atoms. The zero-order chi connectivity index (χ0) is 18.4. The molecular formula is C21H17N3O2S. The van der Waals surface area contributed by atoms with Crippen LogP contribution in [-0.4, -0.2) is 28.6 Å². The summed E-state index contributed by atoms with van der Waals surface area (Å²) in [5.41, 5.74) is 5.18. The number of H-pyrrole nitrogens is 1. The van der Waals surface area contributed by atoms with Crippen LogP contribution in [-0.2, 0) is 0 Å². The highest BCUT2D eigenvalue weighted by Crippen LogP contribution is 2.36. The molecule has 5 nitrogen and oxygen atoms in total. The van der Waals surface area contributed by atoms with Gasteiger partial charge in [0.15, 0.2) is 4.96 Å². The molecule has 0 saturated carbocycles. The highest BCUT2D eigenvalue weighted by Gasteiger charge is 2.16. The smallest absolute Gasteiger partial charge is 0.194 e. The van der Waals surface area contributed by atoms with Gasteiger partial charge in [0.1, 0.15) is 11.5 Å². The van der Waals surface area contributed by atoms with E-state index in [1.165, 1.54) is 10.9 Å². The number of para-hydroxylation sites is 1. The first-order chi connectivity index (χ1) is 13.3. The second-order valence-electron chi connectivity index (χ2n) is 6.21. The van der Waals surface area contributed by atoms with Crippen LogP contribution in [0.25, 0.3) is 38.4 Å². The number of fused-ring (bicyclic) bond motifs is 2. The molecule has 0 bridgehead atoms. The lowest BCUT2D eigenvalue weighted by atomic mass is 10.1. The molecule has 3 aromatic heterocycles. The molecule has 0 aliphatic heterocycles. The van der Waals surface area contributed by atoms with Crippen LogP contribution in [0.1, 0.15) is 0 Å². The van der Waals surface area contributed by atoms with Crippen LogP contribution >= 0.6 is 11.3 Å².